The summed E-state index contributed by atoms with van der Waals surface area (Å²) in [6, 6.07) is 5.74. The van der Waals surface area contributed by atoms with Crippen LogP contribution in [0.3, 0.4) is 0 Å². The number of benzene rings is 1. The lowest BCUT2D eigenvalue weighted by molar-refractivity contribution is -0.138. The lowest BCUT2D eigenvalue weighted by atomic mass is 9.77. The predicted molar refractivity (Wildman–Crippen MR) is 65.9 cm³/mol. The summed E-state index contributed by atoms with van der Waals surface area (Å²) >= 11 is 0. The van der Waals surface area contributed by atoms with E-state index in [0.29, 0.717) is 5.56 Å². The molecule has 1 aromatic rings. The second-order valence-corrected chi connectivity index (χ2v) is 5.03. The van der Waals surface area contributed by atoms with Gasteiger partial charge in [0.2, 0.25) is 0 Å². The van der Waals surface area contributed by atoms with E-state index in [0.717, 1.165) is 16.7 Å². The molecule has 0 spiro atoms. The van der Waals surface area contributed by atoms with E-state index in [2.05, 4.69) is 6.07 Å². The molecule has 0 unspecified atom stereocenters. The van der Waals surface area contributed by atoms with Crippen LogP contribution in [0.15, 0.2) is 12.1 Å². The summed E-state index contributed by atoms with van der Waals surface area (Å²) in [5.74, 6) is -0.825. The summed E-state index contributed by atoms with van der Waals surface area (Å²) < 4.78 is 0. The molecule has 0 aliphatic heterocycles. The lowest BCUT2D eigenvalue weighted by Gasteiger charge is -2.26. The van der Waals surface area contributed by atoms with Crippen molar-refractivity contribution in [2.75, 3.05) is 0 Å². The third kappa shape index (κ3) is 2.85. The molecule has 1 aromatic carbocycles. The summed E-state index contributed by atoms with van der Waals surface area (Å²) in [5, 5.41) is 17.9. The zero-order valence-corrected chi connectivity index (χ0v) is 10.7. The van der Waals surface area contributed by atoms with Crippen LogP contribution in [0, 0.1) is 25.2 Å². The van der Waals surface area contributed by atoms with Crippen molar-refractivity contribution in [2.45, 2.75) is 39.5 Å². The zero-order valence-electron chi connectivity index (χ0n) is 10.7. The quantitative estimate of drug-likeness (QED) is 0.870. The van der Waals surface area contributed by atoms with Gasteiger partial charge in [0.15, 0.2) is 0 Å². The van der Waals surface area contributed by atoms with Gasteiger partial charge in [-0.25, -0.2) is 0 Å². The number of carboxylic acid groups (broad SMARTS) is 1. The number of carboxylic acids is 1. The maximum absolute atomic E-state index is 10.9. The molecule has 0 fully saturated rings. The maximum atomic E-state index is 10.9. The molecule has 1 rings (SSSR count). The fourth-order valence-electron chi connectivity index (χ4n) is 2.10. The molecule has 3 heteroatoms. The Hall–Kier alpha value is -1.82. The monoisotopic (exact) mass is 231 g/mol. The van der Waals surface area contributed by atoms with E-state index in [9.17, 15) is 4.79 Å². The molecule has 0 saturated heterocycles. The van der Waals surface area contributed by atoms with Gasteiger partial charge in [0.05, 0.1) is 18.1 Å². The summed E-state index contributed by atoms with van der Waals surface area (Å²) in [6.45, 7) is 7.69. The number of aryl methyl sites for hydroxylation is 1. The maximum Gasteiger partial charge on any atom is 0.304 e. The molecule has 0 atom stereocenters. The van der Waals surface area contributed by atoms with Gasteiger partial charge in [-0.3, -0.25) is 4.79 Å². The van der Waals surface area contributed by atoms with Crippen molar-refractivity contribution in [2.24, 2.45) is 0 Å². The van der Waals surface area contributed by atoms with Crippen LogP contribution in [0.1, 0.15) is 42.5 Å². The van der Waals surface area contributed by atoms with Gasteiger partial charge in [0.1, 0.15) is 0 Å². The molecule has 0 aliphatic carbocycles. The van der Waals surface area contributed by atoms with Crippen LogP contribution < -0.4 is 0 Å². The number of hydrogen-bond acceptors (Lipinski definition) is 2. The largest absolute Gasteiger partial charge is 0.481 e. The molecular formula is C14H17NO2. The highest BCUT2D eigenvalue weighted by molar-refractivity contribution is 5.69. The molecule has 0 bridgehead atoms. The minimum Gasteiger partial charge on any atom is -0.481 e. The summed E-state index contributed by atoms with van der Waals surface area (Å²) in [6.07, 6.45) is 0.0577. The van der Waals surface area contributed by atoms with E-state index >= 15 is 0 Å². The second kappa shape index (κ2) is 4.58. The van der Waals surface area contributed by atoms with Crippen LogP contribution in [0.25, 0.3) is 0 Å². The average Bonchev–Trinajstić information content (AvgIpc) is 2.19. The van der Waals surface area contributed by atoms with Gasteiger partial charge in [0.25, 0.3) is 0 Å². The number of aliphatic carboxylic acids is 1. The Labute approximate surface area is 102 Å². The van der Waals surface area contributed by atoms with Gasteiger partial charge in [0, 0.05) is 5.41 Å². The summed E-state index contributed by atoms with van der Waals surface area (Å²) in [5.41, 5.74) is 3.15. The van der Waals surface area contributed by atoms with Gasteiger partial charge in [-0.1, -0.05) is 13.8 Å². The highest BCUT2D eigenvalue weighted by Crippen LogP contribution is 2.32. The van der Waals surface area contributed by atoms with E-state index in [4.69, 9.17) is 10.4 Å². The van der Waals surface area contributed by atoms with Crippen molar-refractivity contribution in [3.05, 3.63) is 34.4 Å². The Balaban J connectivity index is 3.35. The van der Waals surface area contributed by atoms with E-state index in [1.165, 1.54) is 0 Å². The number of hydrogen-bond donors (Lipinski definition) is 1. The molecular weight excluding hydrogens is 214 g/mol. The zero-order chi connectivity index (χ0) is 13.2. The minimum atomic E-state index is -0.825. The number of carbonyl (C=O) groups is 1. The Morgan fingerprint density at radius 2 is 2.00 bits per heavy atom. The molecule has 17 heavy (non-hydrogen) atoms. The van der Waals surface area contributed by atoms with Crippen LogP contribution >= 0.6 is 0 Å². The van der Waals surface area contributed by atoms with Gasteiger partial charge in [-0.05, 0) is 42.7 Å². The lowest BCUT2D eigenvalue weighted by Crippen LogP contribution is -2.23. The van der Waals surface area contributed by atoms with E-state index in [1.807, 2.05) is 33.8 Å². The van der Waals surface area contributed by atoms with Crippen molar-refractivity contribution in [1.82, 2.24) is 0 Å². The van der Waals surface area contributed by atoms with E-state index < -0.39 is 11.4 Å². The minimum absolute atomic E-state index is 0.0577. The van der Waals surface area contributed by atoms with Crippen LogP contribution in [0.2, 0.25) is 0 Å². The molecule has 0 heterocycles. The first-order valence-corrected chi connectivity index (χ1v) is 5.51. The average molecular weight is 231 g/mol. The number of nitrogens with zero attached hydrogens (tertiary/aromatic N) is 1. The van der Waals surface area contributed by atoms with Crippen LogP contribution in [0.5, 0.6) is 0 Å². The molecule has 0 saturated carbocycles. The van der Waals surface area contributed by atoms with Crippen molar-refractivity contribution >= 4 is 5.97 Å². The summed E-state index contributed by atoms with van der Waals surface area (Å²) in [7, 11) is 0. The standard InChI is InChI=1S/C14H17NO2/c1-9-5-11(8-15)6-12(10(9)2)14(3,4)7-13(16)17/h5-6H,7H2,1-4H3,(H,16,17). The Morgan fingerprint density at radius 3 is 2.47 bits per heavy atom. The molecule has 3 nitrogen and oxygen atoms in total. The summed E-state index contributed by atoms with van der Waals surface area (Å²) in [4.78, 5) is 10.9. The van der Waals surface area contributed by atoms with Crippen molar-refractivity contribution in [3.63, 3.8) is 0 Å². The third-order valence-corrected chi connectivity index (χ3v) is 3.12. The second-order valence-electron chi connectivity index (χ2n) is 5.03. The van der Waals surface area contributed by atoms with Crippen molar-refractivity contribution in [3.8, 4) is 6.07 Å². The van der Waals surface area contributed by atoms with Crippen LogP contribution in [-0.4, -0.2) is 11.1 Å². The van der Waals surface area contributed by atoms with Crippen LogP contribution in [0.4, 0.5) is 0 Å². The Kier molecular flexibility index (Phi) is 3.57. The molecule has 0 amide bonds. The normalized spacial score (nSPS) is 11.0. The SMILES string of the molecule is Cc1cc(C#N)cc(C(C)(C)CC(=O)O)c1C. The topological polar surface area (TPSA) is 61.1 Å². The first kappa shape index (κ1) is 13.2. The molecule has 1 N–H and O–H groups in total. The third-order valence-electron chi connectivity index (χ3n) is 3.12. The predicted octanol–water partition coefficient (Wildman–Crippen LogP) is 2.93. The number of nitriles is 1. The van der Waals surface area contributed by atoms with E-state index in [1.54, 1.807) is 6.07 Å². The van der Waals surface area contributed by atoms with Crippen LogP contribution in [-0.2, 0) is 10.2 Å². The van der Waals surface area contributed by atoms with Gasteiger partial charge in [-0.2, -0.15) is 5.26 Å². The van der Waals surface area contributed by atoms with Gasteiger partial charge >= 0.3 is 5.97 Å². The first-order chi connectivity index (χ1) is 7.77. The van der Waals surface area contributed by atoms with Crippen molar-refractivity contribution < 1.29 is 9.90 Å². The molecule has 90 valence electrons. The molecule has 0 aliphatic rings. The molecule has 0 radical (unpaired) electrons. The van der Waals surface area contributed by atoms with E-state index in [-0.39, 0.29) is 6.42 Å². The number of rotatable bonds is 3. The first-order valence-electron chi connectivity index (χ1n) is 5.51. The molecule has 0 aromatic heterocycles. The smallest absolute Gasteiger partial charge is 0.304 e. The Morgan fingerprint density at radius 1 is 1.41 bits per heavy atom. The van der Waals surface area contributed by atoms with Gasteiger partial charge in [-0.15, -0.1) is 0 Å². The highest BCUT2D eigenvalue weighted by Gasteiger charge is 2.26. The fourth-order valence-corrected chi connectivity index (χ4v) is 2.10. The van der Waals surface area contributed by atoms with Crippen molar-refractivity contribution in [1.29, 1.82) is 5.26 Å². The highest BCUT2D eigenvalue weighted by atomic mass is 16.4. The Bertz CT molecular complexity index is 496. The fraction of sp³-hybridized carbons (Fsp3) is 0.429. The van der Waals surface area contributed by atoms with Gasteiger partial charge < -0.3 is 5.11 Å².